The van der Waals surface area contributed by atoms with E-state index in [1.54, 1.807) is 0 Å². The Morgan fingerprint density at radius 1 is 0.784 bits per heavy atom. The van der Waals surface area contributed by atoms with Gasteiger partial charge in [-0.1, -0.05) is 74.5 Å². The summed E-state index contributed by atoms with van der Waals surface area (Å²) >= 11 is 0. The molecule has 6 rings (SSSR count). The molecule has 2 saturated carbocycles. The SMILES string of the molecule is CCC(C)C(=O)OC1CC2CC1CC2C(=O)OC(C)c1ccc2c3ccccc3c3ccccc3c2c1. The van der Waals surface area contributed by atoms with Gasteiger partial charge < -0.3 is 9.47 Å². The van der Waals surface area contributed by atoms with Gasteiger partial charge in [-0.15, -0.1) is 0 Å². The van der Waals surface area contributed by atoms with Gasteiger partial charge in [-0.2, -0.15) is 0 Å². The van der Waals surface area contributed by atoms with Gasteiger partial charge in [-0.3, -0.25) is 9.59 Å². The van der Waals surface area contributed by atoms with Crippen LogP contribution < -0.4 is 0 Å². The van der Waals surface area contributed by atoms with Gasteiger partial charge in [0, 0.05) is 0 Å². The van der Waals surface area contributed by atoms with E-state index in [1.807, 2.05) is 20.8 Å². The van der Waals surface area contributed by atoms with Crippen molar-refractivity contribution in [3.05, 3.63) is 72.3 Å². The molecule has 190 valence electrons. The molecule has 4 aromatic rings. The van der Waals surface area contributed by atoms with Crippen molar-refractivity contribution in [2.24, 2.45) is 23.7 Å². The highest BCUT2D eigenvalue weighted by atomic mass is 16.5. The molecule has 37 heavy (non-hydrogen) atoms. The summed E-state index contributed by atoms with van der Waals surface area (Å²) in [6.07, 6.45) is 2.88. The summed E-state index contributed by atoms with van der Waals surface area (Å²) in [6, 6.07) is 23.5. The Kier molecular flexibility index (Phi) is 6.14. The van der Waals surface area contributed by atoms with Gasteiger partial charge in [0.05, 0.1) is 11.8 Å². The number of esters is 2. The van der Waals surface area contributed by atoms with Crippen molar-refractivity contribution >= 4 is 44.3 Å². The number of ether oxygens (including phenoxy) is 2. The van der Waals surface area contributed by atoms with Gasteiger partial charge in [0.25, 0.3) is 0 Å². The van der Waals surface area contributed by atoms with Crippen LogP contribution in [-0.4, -0.2) is 18.0 Å². The Labute approximate surface area is 217 Å². The minimum absolute atomic E-state index is 0.0448. The molecule has 2 aliphatic carbocycles. The van der Waals surface area contributed by atoms with Crippen molar-refractivity contribution in [1.82, 2.24) is 0 Å². The van der Waals surface area contributed by atoms with E-state index in [0.717, 1.165) is 31.2 Å². The molecule has 2 aliphatic rings. The van der Waals surface area contributed by atoms with Crippen molar-refractivity contribution in [3.8, 4) is 0 Å². The topological polar surface area (TPSA) is 52.6 Å². The normalized spacial score (nSPS) is 24.4. The summed E-state index contributed by atoms with van der Waals surface area (Å²) in [6.45, 7) is 5.88. The van der Waals surface area contributed by atoms with E-state index < -0.39 is 0 Å². The van der Waals surface area contributed by atoms with Crippen molar-refractivity contribution in [3.63, 3.8) is 0 Å². The first-order valence-corrected chi connectivity index (χ1v) is 13.7. The summed E-state index contributed by atoms with van der Waals surface area (Å²) in [5.74, 6) is 0.117. The number of hydrogen-bond donors (Lipinski definition) is 0. The zero-order valence-corrected chi connectivity index (χ0v) is 21.8. The molecule has 0 saturated heterocycles. The van der Waals surface area contributed by atoms with Crippen LogP contribution in [0, 0.1) is 23.7 Å². The molecule has 2 fully saturated rings. The van der Waals surface area contributed by atoms with E-state index in [4.69, 9.17) is 9.47 Å². The molecule has 0 radical (unpaired) electrons. The van der Waals surface area contributed by atoms with Gasteiger partial charge >= 0.3 is 11.9 Å². The molecule has 4 aromatic carbocycles. The van der Waals surface area contributed by atoms with E-state index in [-0.39, 0.29) is 47.8 Å². The second-order valence-corrected chi connectivity index (χ2v) is 11.1. The summed E-state index contributed by atoms with van der Waals surface area (Å²) in [5, 5.41) is 7.32. The van der Waals surface area contributed by atoms with Crippen LogP contribution in [0.25, 0.3) is 32.3 Å². The molecular weight excluding hydrogens is 460 g/mol. The quantitative estimate of drug-likeness (QED) is 0.203. The van der Waals surface area contributed by atoms with Crippen molar-refractivity contribution in [2.45, 2.75) is 58.7 Å². The van der Waals surface area contributed by atoms with E-state index in [2.05, 4.69) is 66.7 Å². The average Bonchev–Trinajstić information content (AvgIpc) is 3.53. The number of carbonyl (C=O) groups excluding carboxylic acids is 2. The van der Waals surface area contributed by atoms with Crippen LogP contribution in [0.15, 0.2) is 66.7 Å². The summed E-state index contributed by atoms with van der Waals surface area (Å²) in [7, 11) is 0. The number of fused-ring (bicyclic) bond motifs is 8. The highest BCUT2D eigenvalue weighted by Gasteiger charge is 2.51. The minimum Gasteiger partial charge on any atom is -0.462 e. The third-order valence-corrected chi connectivity index (χ3v) is 8.91. The van der Waals surface area contributed by atoms with Crippen LogP contribution in [0.1, 0.15) is 58.1 Å². The monoisotopic (exact) mass is 494 g/mol. The van der Waals surface area contributed by atoms with E-state index in [1.165, 1.54) is 32.3 Å². The predicted molar refractivity (Wildman–Crippen MR) is 147 cm³/mol. The Bertz CT molecular complexity index is 1470. The van der Waals surface area contributed by atoms with Gasteiger partial charge in [-0.25, -0.2) is 0 Å². The second-order valence-electron chi connectivity index (χ2n) is 11.1. The Morgan fingerprint density at radius 3 is 1.95 bits per heavy atom. The summed E-state index contributed by atoms with van der Waals surface area (Å²) in [5.41, 5.74) is 1.00. The maximum atomic E-state index is 13.2. The Balaban J connectivity index is 1.20. The lowest BCUT2D eigenvalue weighted by molar-refractivity contribution is -0.160. The fourth-order valence-electron chi connectivity index (χ4n) is 6.60. The van der Waals surface area contributed by atoms with Gasteiger partial charge in [0.2, 0.25) is 0 Å². The van der Waals surface area contributed by atoms with E-state index in [9.17, 15) is 9.59 Å². The molecular formula is C33H34O4. The molecule has 2 bridgehead atoms. The fourth-order valence-corrected chi connectivity index (χ4v) is 6.60. The maximum Gasteiger partial charge on any atom is 0.309 e. The third-order valence-electron chi connectivity index (χ3n) is 8.91. The molecule has 4 heteroatoms. The second kappa shape index (κ2) is 9.48. The molecule has 0 amide bonds. The van der Waals surface area contributed by atoms with Gasteiger partial charge in [0.15, 0.2) is 0 Å². The molecule has 6 atom stereocenters. The van der Waals surface area contributed by atoms with Crippen LogP contribution in [-0.2, 0) is 19.1 Å². The van der Waals surface area contributed by atoms with Gasteiger partial charge in [-0.05, 0) is 88.4 Å². The lowest BCUT2D eigenvalue weighted by Gasteiger charge is -2.28. The molecule has 0 heterocycles. The van der Waals surface area contributed by atoms with Crippen LogP contribution >= 0.6 is 0 Å². The van der Waals surface area contributed by atoms with Crippen molar-refractivity contribution in [2.75, 3.05) is 0 Å². The first-order chi connectivity index (χ1) is 17.9. The van der Waals surface area contributed by atoms with E-state index in [0.29, 0.717) is 0 Å². The van der Waals surface area contributed by atoms with Crippen LogP contribution in [0.3, 0.4) is 0 Å². The number of hydrogen-bond acceptors (Lipinski definition) is 4. The molecule has 0 N–H and O–H groups in total. The minimum atomic E-state index is -0.333. The van der Waals surface area contributed by atoms with Crippen LogP contribution in [0.4, 0.5) is 0 Å². The van der Waals surface area contributed by atoms with Crippen LogP contribution in [0.5, 0.6) is 0 Å². The molecule has 6 unspecified atom stereocenters. The lowest BCUT2D eigenvalue weighted by atomic mass is 9.87. The maximum absolute atomic E-state index is 13.2. The standard InChI is InChI=1S/C33H34O4/c1-4-19(2)32(34)37-31-18-22-15-23(31)17-29(22)33(35)36-20(3)21-13-14-28-26-11-6-5-9-24(26)25-10-7-8-12-27(25)30(28)16-21/h5-14,16,19-20,22-23,29,31H,4,15,17-18H2,1-3H3. The average molecular weight is 495 g/mol. The fraction of sp³-hybridized carbons (Fsp3) is 0.394. The number of rotatable bonds is 6. The molecule has 4 nitrogen and oxygen atoms in total. The first-order valence-electron chi connectivity index (χ1n) is 13.7. The number of carbonyl (C=O) groups is 2. The number of benzene rings is 4. The highest BCUT2D eigenvalue weighted by Crippen LogP contribution is 2.50. The Hall–Kier alpha value is -3.40. The van der Waals surface area contributed by atoms with Crippen molar-refractivity contribution < 1.29 is 19.1 Å². The first kappa shape index (κ1) is 24.0. The molecule has 0 aliphatic heterocycles. The lowest BCUT2D eigenvalue weighted by Crippen LogP contribution is -2.32. The van der Waals surface area contributed by atoms with Crippen molar-refractivity contribution in [1.29, 1.82) is 0 Å². The van der Waals surface area contributed by atoms with Crippen LogP contribution in [0.2, 0.25) is 0 Å². The zero-order valence-electron chi connectivity index (χ0n) is 21.8. The summed E-state index contributed by atoms with van der Waals surface area (Å²) in [4.78, 5) is 25.5. The molecule has 0 aromatic heterocycles. The Morgan fingerprint density at radius 2 is 1.38 bits per heavy atom. The summed E-state index contributed by atoms with van der Waals surface area (Å²) < 4.78 is 11.8. The molecule has 0 spiro atoms. The zero-order chi connectivity index (χ0) is 25.7. The highest BCUT2D eigenvalue weighted by molar-refractivity contribution is 6.25. The smallest absolute Gasteiger partial charge is 0.309 e. The van der Waals surface area contributed by atoms with Gasteiger partial charge in [0.1, 0.15) is 12.2 Å². The largest absolute Gasteiger partial charge is 0.462 e. The predicted octanol–water partition coefficient (Wildman–Crippen LogP) is 7.75. The third kappa shape index (κ3) is 4.17. The van der Waals surface area contributed by atoms with E-state index >= 15 is 0 Å².